The van der Waals surface area contributed by atoms with Crippen molar-refractivity contribution in [3.05, 3.63) is 36.7 Å². The minimum Gasteiger partial charge on any atom is -0.444 e. The van der Waals surface area contributed by atoms with Gasteiger partial charge in [-0.2, -0.15) is 0 Å². The third-order valence-electron chi connectivity index (χ3n) is 4.19. The normalized spacial score (nSPS) is 16.2. The second-order valence-corrected chi connectivity index (χ2v) is 7.29. The number of piperidine rings is 1. The van der Waals surface area contributed by atoms with E-state index in [1.165, 1.54) is 5.39 Å². The summed E-state index contributed by atoms with van der Waals surface area (Å²) in [5.74, 6) is 0. The predicted octanol–water partition coefficient (Wildman–Crippen LogP) is 4.05. The maximum atomic E-state index is 12.1. The molecule has 1 aromatic heterocycles. The summed E-state index contributed by atoms with van der Waals surface area (Å²) >= 11 is 0. The molecule has 2 aromatic rings. The lowest BCUT2D eigenvalue weighted by atomic mass is 10.0. The average Bonchev–Trinajstić information content (AvgIpc) is 2.54. The number of ether oxygens (including phenoxy) is 1. The van der Waals surface area contributed by atoms with Gasteiger partial charge in [0.1, 0.15) is 5.60 Å². The van der Waals surface area contributed by atoms with Gasteiger partial charge in [-0.1, -0.05) is 12.1 Å². The minimum absolute atomic E-state index is 0.211. The third-order valence-corrected chi connectivity index (χ3v) is 4.19. The molecule has 24 heavy (non-hydrogen) atoms. The first-order valence-electron chi connectivity index (χ1n) is 8.49. The van der Waals surface area contributed by atoms with Gasteiger partial charge in [0.25, 0.3) is 0 Å². The van der Waals surface area contributed by atoms with Gasteiger partial charge in [0.2, 0.25) is 0 Å². The summed E-state index contributed by atoms with van der Waals surface area (Å²) in [4.78, 5) is 18.1. The van der Waals surface area contributed by atoms with Crippen LogP contribution in [0.5, 0.6) is 0 Å². The molecule has 0 radical (unpaired) electrons. The molecule has 0 saturated carbocycles. The molecule has 2 heterocycles. The monoisotopic (exact) mass is 327 g/mol. The third kappa shape index (κ3) is 3.96. The second-order valence-electron chi connectivity index (χ2n) is 7.29. The number of nitrogens with zero attached hydrogens (tertiary/aromatic N) is 2. The van der Waals surface area contributed by atoms with Gasteiger partial charge in [0, 0.05) is 48.0 Å². The first-order chi connectivity index (χ1) is 11.4. The van der Waals surface area contributed by atoms with Crippen LogP contribution in [0, 0.1) is 0 Å². The number of aromatic nitrogens is 1. The van der Waals surface area contributed by atoms with Crippen LogP contribution in [0.2, 0.25) is 0 Å². The topological polar surface area (TPSA) is 54.5 Å². The van der Waals surface area contributed by atoms with Crippen molar-refractivity contribution in [3.63, 3.8) is 0 Å². The second kappa shape index (κ2) is 6.67. The smallest absolute Gasteiger partial charge is 0.410 e. The van der Waals surface area contributed by atoms with E-state index in [2.05, 4.69) is 22.4 Å². The van der Waals surface area contributed by atoms with Gasteiger partial charge in [-0.05, 0) is 45.7 Å². The average molecular weight is 327 g/mol. The number of rotatable bonds is 2. The summed E-state index contributed by atoms with van der Waals surface area (Å²) in [5.41, 5.74) is 0.689. The van der Waals surface area contributed by atoms with Gasteiger partial charge in [-0.15, -0.1) is 0 Å². The van der Waals surface area contributed by atoms with Crippen LogP contribution in [0.4, 0.5) is 10.5 Å². The van der Waals surface area contributed by atoms with Gasteiger partial charge < -0.3 is 15.0 Å². The summed E-state index contributed by atoms with van der Waals surface area (Å²) in [6.07, 6.45) is 5.32. The first kappa shape index (κ1) is 16.6. The van der Waals surface area contributed by atoms with Gasteiger partial charge >= 0.3 is 6.09 Å². The molecular weight excluding hydrogens is 302 g/mol. The fourth-order valence-electron chi connectivity index (χ4n) is 3.00. The van der Waals surface area contributed by atoms with Crippen molar-refractivity contribution in [1.29, 1.82) is 0 Å². The lowest BCUT2D eigenvalue weighted by Crippen LogP contribution is -2.44. The van der Waals surface area contributed by atoms with Crippen molar-refractivity contribution in [2.24, 2.45) is 0 Å². The van der Waals surface area contributed by atoms with Crippen molar-refractivity contribution < 1.29 is 9.53 Å². The summed E-state index contributed by atoms with van der Waals surface area (Å²) in [5, 5.41) is 5.94. The molecule has 128 valence electrons. The van der Waals surface area contributed by atoms with Crippen LogP contribution in [-0.2, 0) is 4.74 Å². The molecule has 0 unspecified atom stereocenters. The van der Waals surface area contributed by atoms with Crippen molar-refractivity contribution in [1.82, 2.24) is 9.88 Å². The van der Waals surface area contributed by atoms with E-state index < -0.39 is 5.60 Å². The zero-order valence-corrected chi connectivity index (χ0v) is 14.6. The standard InChI is InChI=1S/C19H25N3O2/c1-19(2,3)24-18(23)22-11-8-15(9-12-22)21-17-6-4-5-14-13-20-10-7-16(14)17/h4-7,10,13,15,21H,8-9,11-12H2,1-3H3. The van der Waals surface area contributed by atoms with Gasteiger partial charge in [0.05, 0.1) is 0 Å². The Bertz CT molecular complexity index is 711. The number of anilines is 1. The van der Waals surface area contributed by atoms with Gasteiger partial charge in [0.15, 0.2) is 0 Å². The molecule has 0 bridgehead atoms. The SMILES string of the molecule is CC(C)(C)OC(=O)N1CCC(Nc2cccc3cnccc23)CC1. The molecule has 0 aliphatic carbocycles. The Morgan fingerprint density at radius 3 is 2.71 bits per heavy atom. The van der Waals surface area contributed by atoms with E-state index in [4.69, 9.17) is 4.74 Å². The molecule has 1 saturated heterocycles. The highest BCUT2D eigenvalue weighted by Crippen LogP contribution is 2.25. The molecule has 0 atom stereocenters. The number of amides is 1. The number of nitrogens with one attached hydrogen (secondary N) is 1. The Kier molecular flexibility index (Phi) is 4.60. The van der Waals surface area contributed by atoms with Crippen LogP contribution < -0.4 is 5.32 Å². The maximum Gasteiger partial charge on any atom is 0.410 e. The molecule has 1 aliphatic heterocycles. The minimum atomic E-state index is -0.441. The number of carbonyl (C=O) groups is 1. The lowest BCUT2D eigenvalue weighted by Gasteiger charge is -2.34. The van der Waals surface area contributed by atoms with Crippen LogP contribution >= 0.6 is 0 Å². The number of likely N-dealkylation sites (tertiary alicyclic amines) is 1. The number of benzene rings is 1. The highest BCUT2D eigenvalue weighted by Gasteiger charge is 2.26. The van der Waals surface area contributed by atoms with E-state index in [-0.39, 0.29) is 6.09 Å². The fraction of sp³-hybridized carbons (Fsp3) is 0.474. The Morgan fingerprint density at radius 2 is 2.00 bits per heavy atom. The predicted molar refractivity (Wildman–Crippen MR) is 96.2 cm³/mol. The molecule has 1 N–H and O–H groups in total. The largest absolute Gasteiger partial charge is 0.444 e. The number of hydrogen-bond acceptors (Lipinski definition) is 4. The van der Waals surface area contributed by atoms with Crippen molar-refractivity contribution >= 4 is 22.6 Å². The molecule has 3 rings (SSSR count). The first-order valence-corrected chi connectivity index (χ1v) is 8.49. The molecule has 1 aromatic carbocycles. The van der Waals surface area contributed by atoms with E-state index in [1.54, 1.807) is 4.90 Å². The number of pyridine rings is 1. The number of hydrogen-bond donors (Lipinski definition) is 1. The molecule has 1 amide bonds. The van der Waals surface area contributed by atoms with E-state index in [1.807, 2.05) is 45.3 Å². The van der Waals surface area contributed by atoms with Crippen molar-refractivity contribution in [2.75, 3.05) is 18.4 Å². The zero-order chi connectivity index (χ0) is 17.2. The molecule has 0 spiro atoms. The van der Waals surface area contributed by atoms with E-state index in [0.29, 0.717) is 6.04 Å². The Hall–Kier alpha value is -2.30. The highest BCUT2D eigenvalue weighted by molar-refractivity contribution is 5.93. The van der Waals surface area contributed by atoms with Crippen LogP contribution in [0.15, 0.2) is 36.7 Å². The Balaban J connectivity index is 1.60. The number of carbonyl (C=O) groups excluding carboxylic acids is 1. The summed E-state index contributed by atoms with van der Waals surface area (Å²) < 4.78 is 5.45. The highest BCUT2D eigenvalue weighted by atomic mass is 16.6. The van der Waals surface area contributed by atoms with Crippen LogP contribution in [-0.4, -0.2) is 40.7 Å². The fourth-order valence-corrected chi connectivity index (χ4v) is 3.00. The molecule has 1 fully saturated rings. The van der Waals surface area contributed by atoms with Gasteiger partial charge in [-0.3, -0.25) is 4.98 Å². The summed E-state index contributed by atoms with van der Waals surface area (Å²) in [7, 11) is 0. The van der Waals surface area contributed by atoms with E-state index >= 15 is 0 Å². The van der Waals surface area contributed by atoms with E-state index in [9.17, 15) is 4.79 Å². The molecule has 5 nitrogen and oxygen atoms in total. The molecular formula is C19H25N3O2. The van der Waals surface area contributed by atoms with Gasteiger partial charge in [-0.25, -0.2) is 4.79 Å². The van der Waals surface area contributed by atoms with Crippen molar-refractivity contribution in [2.45, 2.75) is 45.3 Å². The summed E-state index contributed by atoms with van der Waals surface area (Å²) in [6.45, 7) is 7.13. The quantitative estimate of drug-likeness (QED) is 0.904. The lowest BCUT2D eigenvalue weighted by molar-refractivity contribution is 0.0210. The van der Waals surface area contributed by atoms with Crippen LogP contribution in [0.25, 0.3) is 10.8 Å². The van der Waals surface area contributed by atoms with Crippen LogP contribution in [0.1, 0.15) is 33.6 Å². The molecule has 1 aliphatic rings. The Labute approximate surface area is 143 Å². The Morgan fingerprint density at radius 1 is 1.25 bits per heavy atom. The number of fused-ring (bicyclic) bond motifs is 1. The molecule has 5 heteroatoms. The summed E-state index contributed by atoms with van der Waals surface area (Å²) in [6, 6.07) is 8.61. The van der Waals surface area contributed by atoms with E-state index in [0.717, 1.165) is 37.0 Å². The zero-order valence-electron chi connectivity index (χ0n) is 14.6. The van der Waals surface area contributed by atoms with Crippen molar-refractivity contribution in [3.8, 4) is 0 Å². The maximum absolute atomic E-state index is 12.1. The van der Waals surface area contributed by atoms with Crippen LogP contribution in [0.3, 0.4) is 0 Å².